The standard InChI is InChI=1S/C29H36F2N4O7/c1-33(2)17-11-14(12-35-7-5-28(30,31)6-8-35)22(36)19-15(17)9-13-10-16-21(34(3)4)24(38)20(27(32)41)26(40)29(16,42)25(39)18(13)23(19)37/h11,13,16,21,36-37,40,42H,5-10,12H2,1-4H3,(H2,32,41)/t13-,16-,21-,29-/m0/s1. The van der Waals surface area contributed by atoms with E-state index in [0.717, 1.165) is 0 Å². The van der Waals surface area contributed by atoms with Crippen molar-refractivity contribution in [3.05, 3.63) is 39.7 Å². The average molecular weight is 591 g/mol. The van der Waals surface area contributed by atoms with Gasteiger partial charge >= 0.3 is 0 Å². The average Bonchev–Trinajstić information content (AvgIpc) is 2.88. The van der Waals surface area contributed by atoms with E-state index in [1.807, 2.05) is 0 Å². The number of halogens is 2. The molecule has 1 aromatic rings. The van der Waals surface area contributed by atoms with Crippen LogP contribution >= 0.6 is 0 Å². The molecule has 13 heteroatoms. The minimum absolute atomic E-state index is 0.0108. The summed E-state index contributed by atoms with van der Waals surface area (Å²) in [4.78, 5) is 44.5. The molecule has 1 aliphatic heterocycles. The molecule has 0 bridgehead atoms. The number of alkyl halides is 2. The number of Topliss-reactive ketones (excluding diaryl/α,β-unsaturated/α-hetero) is 2. The molecular formula is C29H36F2N4O7. The van der Waals surface area contributed by atoms with Crippen molar-refractivity contribution < 1.29 is 43.6 Å². The van der Waals surface area contributed by atoms with Crippen LogP contribution in [0.3, 0.4) is 0 Å². The summed E-state index contributed by atoms with van der Waals surface area (Å²) in [6.45, 7) is 0.352. The molecular weight excluding hydrogens is 554 g/mol. The highest BCUT2D eigenvalue weighted by Crippen LogP contribution is 2.54. The Morgan fingerprint density at radius 3 is 2.29 bits per heavy atom. The molecule has 228 valence electrons. The van der Waals surface area contributed by atoms with Gasteiger partial charge in [0.1, 0.15) is 22.8 Å². The molecule has 1 aromatic carbocycles. The van der Waals surface area contributed by atoms with Gasteiger partial charge in [0.2, 0.25) is 5.78 Å². The lowest BCUT2D eigenvalue weighted by Crippen LogP contribution is -2.65. The molecule has 1 saturated carbocycles. The number of piperidine rings is 1. The summed E-state index contributed by atoms with van der Waals surface area (Å²) in [7, 11) is 6.63. The van der Waals surface area contributed by atoms with E-state index < -0.39 is 64.0 Å². The summed E-state index contributed by atoms with van der Waals surface area (Å²) >= 11 is 0. The number of hydrogen-bond acceptors (Lipinski definition) is 10. The third-order valence-electron chi connectivity index (χ3n) is 9.24. The first-order valence-electron chi connectivity index (χ1n) is 13.8. The molecule has 0 aromatic heterocycles. The predicted octanol–water partition coefficient (Wildman–Crippen LogP) is 1.26. The number of nitrogens with two attached hydrogens (primary N) is 1. The second-order valence-corrected chi connectivity index (χ2v) is 12.2. The number of rotatable bonds is 5. The molecule has 42 heavy (non-hydrogen) atoms. The molecule has 1 heterocycles. The van der Waals surface area contributed by atoms with Gasteiger partial charge in [-0.2, -0.15) is 0 Å². The lowest BCUT2D eigenvalue weighted by atomic mass is 9.57. The van der Waals surface area contributed by atoms with Gasteiger partial charge in [-0.1, -0.05) is 0 Å². The smallest absolute Gasteiger partial charge is 0.255 e. The van der Waals surface area contributed by atoms with E-state index in [1.54, 1.807) is 44.1 Å². The third kappa shape index (κ3) is 4.36. The van der Waals surface area contributed by atoms with Gasteiger partial charge in [-0.3, -0.25) is 24.2 Å². The number of carbonyl (C=O) groups excluding carboxylic acids is 3. The van der Waals surface area contributed by atoms with Crippen LogP contribution in [-0.2, 0) is 27.3 Å². The highest BCUT2D eigenvalue weighted by atomic mass is 19.3. The highest BCUT2D eigenvalue weighted by molar-refractivity contribution is 6.24. The Labute approximate surface area is 241 Å². The van der Waals surface area contributed by atoms with E-state index in [9.17, 15) is 43.6 Å². The van der Waals surface area contributed by atoms with Crippen molar-refractivity contribution in [3.8, 4) is 5.75 Å². The number of fused-ring (bicyclic) bond motifs is 3. The van der Waals surface area contributed by atoms with Crippen molar-refractivity contribution in [2.45, 2.75) is 49.8 Å². The number of likely N-dealkylation sites (N-methyl/N-ethyl adjacent to an activating group) is 1. The molecule has 0 radical (unpaired) electrons. The van der Waals surface area contributed by atoms with Gasteiger partial charge in [0.15, 0.2) is 11.4 Å². The van der Waals surface area contributed by atoms with Crippen LogP contribution in [-0.4, -0.2) is 107 Å². The zero-order valence-corrected chi connectivity index (χ0v) is 23.9. The van der Waals surface area contributed by atoms with Crippen LogP contribution in [0.1, 0.15) is 36.0 Å². The Hall–Kier alpha value is -3.55. The highest BCUT2D eigenvalue weighted by Gasteiger charge is 2.64. The minimum Gasteiger partial charge on any atom is -0.508 e. The second-order valence-electron chi connectivity index (χ2n) is 12.2. The first-order valence-corrected chi connectivity index (χ1v) is 13.8. The molecule has 11 nitrogen and oxygen atoms in total. The van der Waals surface area contributed by atoms with Crippen LogP contribution in [0.25, 0.3) is 5.76 Å². The molecule has 6 N–H and O–H groups in total. The Kier molecular flexibility index (Phi) is 7.14. The lowest BCUT2D eigenvalue weighted by Gasteiger charge is -2.50. The molecule has 5 rings (SSSR count). The van der Waals surface area contributed by atoms with Crippen molar-refractivity contribution >= 4 is 28.9 Å². The van der Waals surface area contributed by atoms with E-state index in [-0.39, 0.29) is 62.2 Å². The predicted molar refractivity (Wildman–Crippen MR) is 148 cm³/mol. The minimum atomic E-state index is -2.75. The molecule has 2 fully saturated rings. The lowest BCUT2D eigenvalue weighted by molar-refractivity contribution is -0.153. The molecule has 3 aliphatic carbocycles. The SMILES string of the molecule is CN(C)c1cc(CN2CCC(F)(F)CC2)c(O)c2c1C[C@H]1C[C@H]3[C@H](N(C)C)C(=O)C(C(N)=O)=C(O)[C@@]3(O)C(=O)C1=C2O. The van der Waals surface area contributed by atoms with Crippen LogP contribution in [0.15, 0.2) is 23.0 Å². The van der Waals surface area contributed by atoms with Gasteiger partial charge in [-0.05, 0) is 44.5 Å². The van der Waals surface area contributed by atoms with Gasteiger partial charge in [-0.25, -0.2) is 8.78 Å². The fourth-order valence-electron chi connectivity index (χ4n) is 7.14. The molecule has 1 saturated heterocycles. The first-order chi connectivity index (χ1) is 19.5. The van der Waals surface area contributed by atoms with Gasteiger partial charge < -0.3 is 31.1 Å². The zero-order chi connectivity index (χ0) is 31.0. The monoisotopic (exact) mass is 590 g/mol. The Morgan fingerprint density at radius 2 is 1.74 bits per heavy atom. The maximum atomic E-state index is 14.1. The molecule has 0 unspecified atom stereocenters. The van der Waals surface area contributed by atoms with Crippen molar-refractivity contribution in [1.29, 1.82) is 0 Å². The largest absolute Gasteiger partial charge is 0.508 e. The number of aliphatic hydroxyl groups is 3. The number of primary amides is 1. The van der Waals surface area contributed by atoms with Gasteiger partial charge in [0.25, 0.3) is 11.8 Å². The number of phenols is 1. The molecule has 1 amide bonds. The number of ketones is 2. The van der Waals surface area contributed by atoms with Crippen LogP contribution in [0.5, 0.6) is 5.75 Å². The third-order valence-corrected chi connectivity index (χ3v) is 9.24. The molecule has 4 atom stereocenters. The maximum Gasteiger partial charge on any atom is 0.255 e. The summed E-state index contributed by atoms with van der Waals surface area (Å²) in [6.07, 6.45) is -0.481. The van der Waals surface area contributed by atoms with Crippen LogP contribution in [0, 0.1) is 11.8 Å². The van der Waals surface area contributed by atoms with E-state index in [4.69, 9.17) is 5.73 Å². The van der Waals surface area contributed by atoms with E-state index in [2.05, 4.69) is 0 Å². The quantitative estimate of drug-likeness (QED) is 0.315. The number of anilines is 1. The number of carbonyl (C=O) groups is 3. The van der Waals surface area contributed by atoms with E-state index >= 15 is 0 Å². The normalized spacial score (nSPS) is 29.4. The summed E-state index contributed by atoms with van der Waals surface area (Å²) in [5.74, 6) is -9.85. The number of amides is 1. The van der Waals surface area contributed by atoms with E-state index in [0.29, 0.717) is 16.8 Å². The number of likely N-dealkylation sites (tertiary alicyclic amines) is 1. The Morgan fingerprint density at radius 1 is 1.12 bits per heavy atom. The number of phenolic OH excluding ortho intramolecular Hbond substituents is 1. The topological polar surface area (TPSA) is 168 Å². The summed E-state index contributed by atoms with van der Waals surface area (Å²) in [5.41, 5.74) is 3.06. The summed E-state index contributed by atoms with van der Waals surface area (Å²) in [6, 6.07) is 0.573. The van der Waals surface area contributed by atoms with Crippen molar-refractivity contribution in [2.75, 3.05) is 46.2 Å². The van der Waals surface area contributed by atoms with E-state index in [1.165, 1.54) is 4.90 Å². The summed E-state index contributed by atoms with van der Waals surface area (Å²) < 4.78 is 27.5. The van der Waals surface area contributed by atoms with Crippen LogP contribution in [0.4, 0.5) is 14.5 Å². The fourth-order valence-corrected chi connectivity index (χ4v) is 7.14. The summed E-state index contributed by atoms with van der Waals surface area (Å²) in [5, 5.41) is 45.8. The number of hydrogen-bond donors (Lipinski definition) is 5. The number of benzene rings is 1. The number of nitrogens with zero attached hydrogens (tertiary/aromatic N) is 3. The Bertz CT molecular complexity index is 1440. The van der Waals surface area contributed by atoms with Gasteiger partial charge in [0.05, 0.1) is 11.6 Å². The van der Waals surface area contributed by atoms with Gasteiger partial charge in [-0.15, -0.1) is 0 Å². The maximum absolute atomic E-state index is 14.1. The Balaban J connectivity index is 1.65. The van der Waals surface area contributed by atoms with Crippen molar-refractivity contribution in [1.82, 2.24) is 9.80 Å². The zero-order valence-electron chi connectivity index (χ0n) is 23.9. The molecule has 4 aliphatic rings. The van der Waals surface area contributed by atoms with Gasteiger partial charge in [0, 0.05) is 69.3 Å². The van der Waals surface area contributed by atoms with Crippen molar-refractivity contribution in [3.63, 3.8) is 0 Å². The molecule has 0 spiro atoms. The number of aliphatic hydroxyl groups excluding tert-OH is 2. The first kappa shape index (κ1) is 29.9. The second kappa shape index (κ2) is 10.0. The van der Waals surface area contributed by atoms with Crippen molar-refractivity contribution in [2.24, 2.45) is 17.6 Å². The number of aromatic hydroxyl groups is 1. The van der Waals surface area contributed by atoms with Crippen LogP contribution < -0.4 is 10.6 Å². The fraction of sp³-hybridized carbons (Fsp3) is 0.552. The van der Waals surface area contributed by atoms with Crippen LogP contribution in [0.2, 0.25) is 0 Å².